The van der Waals surface area contributed by atoms with Gasteiger partial charge in [-0.15, -0.1) is 0 Å². The van der Waals surface area contributed by atoms with Crippen LogP contribution in [0.5, 0.6) is 0 Å². The average Bonchev–Trinajstić information content (AvgIpc) is 2.42. The Morgan fingerprint density at radius 1 is 1.09 bits per heavy atom. The number of hydrogen-bond donors (Lipinski definition) is 4. The van der Waals surface area contributed by atoms with E-state index >= 15 is 0 Å². The predicted octanol–water partition coefficient (Wildman–Crippen LogP) is -1.28. The number of amides is 4. The van der Waals surface area contributed by atoms with E-state index in [0.717, 1.165) is 6.26 Å². The fourth-order valence-corrected chi connectivity index (χ4v) is 2.65. The molecule has 22 heavy (non-hydrogen) atoms. The summed E-state index contributed by atoms with van der Waals surface area (Å²) in [6, 6.07) is 4.48. The van der Waals surface area contributed by atoms with Gasteiger partial charge in [0.2, 0.25) is 5.54 Å². The molecule has 1 aromatic rings. The van der Waals surface area contributed by atoms with Crippen molar-refractivity contribution in [3.63, 3.8) is 0 Å². The van der Waals surface area contributed by atoms with Crippen molar-refractivity contribution in [3.05, 3.63) is 29.8 Å². The molecule has 10 heteroatoms. The molecular weight excluding hydrogens is 314 g/mol. The van der Waals surface area contributed by atoms with Gasteiger partial charge in [-0.3, -0.25) is 20.2 Å². The maximum atomic E-state index is 11.9. The number of rotatable bonds is 4. The van der Waals surface area contributed by atoms with Crippen molar-refractivity contribution in [1.29, 1.82) is 0 Å². The zero-order valence-electron chi connectivity index (χ0n) is 11.4. The molecule has 118 valence electrons. The van der Waals surface area contributed by atoms with Crippen LogP contribution < -0.4 is 16.1 Å². The topological polar surface area (TPSA) is 142 Å². The Kier molecular flexibility index (Phi) is 4.00. The lowest BCUT2D eigenvalue weighted by molar-refractivity contribution is -0.145. The van der Waals surface area contributed by atoms with Crippen LogP contribution in [0.1, 0.15) is 5.56 Å². The number of imide groups is 2. The highest BCUT2D eigenvalue weighted by molar-refractivity contribution is 7.90. The molecule has 0 saturated carbocycles. The number of nitrogens with one attached hydrogen (secondary N) is 3. The fraction of sp³-hybridized carbons (Fsp3) is 0.250. The average molecular weight is 327 g/mol. The molecule has 1 saturated heterocycles. The number of barbiturate groups is 1. The van der Waals surface area contributed by atoms with Gasteiger partial charge in [0.25, 0.3) is 11.8 Å². The minimum Gasteiger partial charge on any atom is -0.315 e. The number of benzene rings is 1. The van der Waals surface area contributed by atoms with E-state index in [-0.39, 0.29) is 11.3 Å². The highest BCUT2D eigenvalue weighted by atomic mass is 32.2. The molecule has 0 unspecified atom stereocenters. The van der Waals surface area contributed by atoms with Gasteiger partial charge in [0.05, 0.1) is 4.90 Å². The number of carbonyl (C=O) groups is 3. The Morgan fingerprint density at radius 3 is 2.00 bits per heavy atom. The molecule has 1 aliphatic heterocycles. The quantitative estimate of drug-likeness (QED) is 0.398. The normalized spacial score (nSPS) is 17.8. The summed E-state index contributed by atoms with van der Waals surface area (Å²) in [6.07, 6.45) is 0.769. The maximum absolute atomic E-state index is 11.9. The molecule has 0 radical (unpaired) electrons. The van der Waals surface area contributed by atoms with E-state index in [1.807, 2.05) is 10.6 Å². The second-order valence-corrected chi connectivity index (χ2v) is 6.86. The molecule has 2 rings (SSSR count). The van der Waals surface area contributed by atoms with Crippen LogP contribution in [0.15, 0.2) is 29.2 Å². The monoisotopic (exact) mass is 327 g/mol. The number of hydroxylamine groups is 1. The van der Waals surface area contributed by atoms with Crippen LogP contribution in [0.3, 0.4) is 0 Å². The number of hydrogen-bond acceptors (Lipinski definition) is 7. The molecule has 1 heterocycles. The van der Waals surface area contributed by atoms with Gasteiger partial charge in [-0.1, -0.05) is 12.1 Å². The second-order valence-electron chi connectivity index (χ2n) is 4.85. The van der Waals surface area contributed by atoms with Crippen LogP contribution in [0.25, 0.3) is 0 Å². The van der Waals surface area contributed by atoms with Gasteiger partial charge in [-0.25, -0.2) is 13.2 Å². The van der Waals surface area contributed by atoms with E-state index in [9.17, 15) is 28.0 Å². The summed E-state index contributed by atoms with van der Waals surface area (Å²) in [5, 5.41) is 13.0. The molecule has 1 fully saturated rings. The van der Waals surface area contributed by atoms with Crippen LogP contribution in [-0.2, 0) is 25.8 Å². The van der Waals surface area contributed by atoms with Gasteiger partial charge < -0.3 is 5.21 Å². The number of carbonyl (C=O) groups excluding carboxylic acids is 3. The summed E-state index contributed by atoms with van der Waals surface area (Å²) in [5.41, 5.74) is -0.0219. The first-order valence-electron chi connectivity index (χ1n) is 6.06. The summed E-state index contributed by atoms with van der Waals surface area (Å²) in [6.45, 7) is 0. The molecule has 0 spiro atoms. The van der Waals surface area contributed by atoms with Crippen molar-refractivity contribution in [2.75, 3.05) is 6.26 Å². The summed E-state index contributed by atoms with van der Waals surface area (Å²) >= 11 is 0. The van der Waals surface area contributed by atoms with Crippen molar-refractivity contribution in [1.82, 2.24) is 16.1 Å². The smallest absolute Gasteiger partial charge is 0.315 e. The van der Waals surface area contributed by atoms with Gasteiger partial charge in [-0.2, -0.15) is 5.48 Å². The Balaban J connectivity index is 2.32. The van der Waals surface area contributed by atoms with Crippen molar-refractivity contribution >= 4 is 27.7 Å². The van der Waals surface area contributed by atoms with Crippen LogP contribution >= 0.6 is 0 Å². The Hall–Kier alpha value is -2.30. The summed E-state index contributed by atoms with van der Waals surface area (Å²) in [7, 11) is -3.37. The largest absolute Gasteiger partial charge is 0.328 e. The highest BCUT2D eigenvalue weighted by Gasteiger charge is 2.50. The van der Waals surface area contributed by atoms with E-state index in [4.69, 9.17) is 0 Å². The van der Waals surface area contributed by atoms with E-state index in [0.29, 0.717) is 5.56 Å². The van der Waals surface area contributed by atoms with Gasteiger partial charge in [0, 0.05) is 12.7 Å². The predicted molar refractivity (Wildman–Crippen MR) is 72.6 cm³/mol. The van der Waals surface area contributed by atoms with Crippen LogP contribution in [-0.4, -0.2) is 43.3 Å². The standard InChI is InChI=1S/C12H13N3O6S/c1-22(20,21)8-4-2-7(3-5-8)6-12(15-19)9(16)13-11(18)14-10(12)17/h2-5,15,19H,6H2,1H3,(H2,13,14,16,17,18). The summed E-state index contributed by atoms with van der Waals surface area (Å²) in [4.78, 5) is 34.9. The van der Waals surface area contributed by atoms with Gasteiger partial charge in [0.1, 0.15) is 0 Å². The molecule has 4 amide bonds. The molecular formula is C12H13N3O6S. The molecule has 0 aliphatic carbocycles. The van der Waals surface area contributed by atoms with Crippen molar-refractivity contribution < 1.29 is 28.0 Å². The number of urea groups is 1. The van der Waals surface area contributed by atoms with Gasteiger partial charge >= 0.3 is 6.03 Å². The van der Waals surface area contributed by atoms with Gasteiger partial charge in [0.15, 0.2) is 9.84 Å². The Bertz CT molecular complexity index is 721. The zero-order valence-corrected chi connectivity index (χ0v) is 12.2. The van der Waals surface area contributed by atoms with Crippen molar-refractivity contribution in [2.45, 2.75) is 16.9 Å². The third-order valence-electron chi connectivity index (χ3n) is 3.24. The number of sulfone groups is 1. The Labute approximate surface area is 125 Å². The molecule has 4 N–H and O–H groups in total. The molecule has 0 atom stereocenters. The summed E-state index contributed by atoms with van der Waals surface area (Å²) in [5.74, 6) is -2.01. The third kappa shape index (κ3) is 2.84. The van der Waals surface area contributed by atoms with E-state index < -0.39 is 33.2 Å². The molecule has 1 aromatic carbocycles. The minimum atomic E-state index is -3.37. The second kappa shape index (κ2) is 5.48. The zero-order chi connectivity index (χ0) is 16.5. The van der Waals surface area contributed by atoms with Crippen LogP contribution in [0.2, 0.25) is 0 Å². The first kappa shape index (κ1) is 16.1. The van der Waals surface area contributed by atoms with Crippen molar-refractivity contribution in [3.8, 4) is 0 Å². The highest BCUT2D eigenvalue weighted by Crippen LogP contribution is 2.18. The Morgan fingerprint density at radius 2 is 1.59 bits per heavy atom. The van der Waals surface area contributed by atoms with E-state index in [1.165, 1.54) is 24.3 Å². The first-order valence-corrected chi connectivity index (χ1v) is 7.95. The third-order valence-corrected chi connectivity index (χ3v) is 4.37. The fourth-order valence-electron chi connectivity index (χ4n) is 2.02. The maximum Gasteiger partial charge on any atom is 0.328 e. The molecule has 0 aromatic heterocycles. The van der Waals surface area contributed by atoms with E-state index in [1.54, 1.807) is 5.48 Å². The lowest BCUT2D eigenvalue weighted by Gasteiger charge is -2.32. The van der Waals surface area contributed by atoms with Gasteiger partial charge in [-0.05, 0) is 17.7 Å². The lowest BCUT2D eigenvalue weighted by atomic mass is 9.88. The summed E-state index contributed by atoms with van der Waals surface area (Å²) < 4.78 is 22.8. The minimum absolute atomic E-state index is 0.0787. The van der Waals surface area contributed by atoms with Crippen LogP contribution in [0.4, 0.5) is 4.79 Å². The molecule has 0 bridgehead atoms. The molecule has 1 aliphatic rings. The van der Waals surface area contributed by atoms with E-state index in [2.05, 4.69) is 0 Å². The van der Waals surface area contributed by atoms with Crippen LogP contribution in [0, 0.1) is 0 Å². The molecule has 9 nitrogen and oxygen atoms in total. The lowest BCUT2D eigenvalue weighted by Crippen LogP contribution is -2.72. The SMILES string of the molecule is CS(=O)(=O)c1ccc(CC2(NO)C(=O)NC(=O)NC2=O)cc1. The van der Waals surface area contributed by atoms with Crippen molar-refractivity contribution in [2.24, 2.45) is 0 Å². The first-order chi connectivity index (χ1) is 10.2.